The Hall–Kier alpha value is -4.01. The predicted molar refractivity (Wildman–Crippen MR) is 156 cm³/mol. The van der Waals surface area contributed by atoms with Crippen LogP contribution in [0.3, 0.4) is 0 Å². The number of hydrogen-bond acceptors (Lipinski definition) is 5. The summed E-state index contributed by atoms with van der Waals surface area (Å²) in [5.41, 5.74) is 3.98. The number of amides is 1. The minimum Gasteiger partial charge on any atom is -0.497 e. The van der Waals surface area contributed by atoms with Crippen LogP contribution < -0.4 is 19.1 Å². The molecule has 39 heavy (non-hydrogen) atoms. The summed E-state index contributed by atoms with van der Waals surface area (Å²) in [4.78, 5) is 13.1. The lowest BCUT2D eigenvalue weighted by atomic mass is 10.1. The molecule has 4 aromatic rings. The van der Waals surface area contributed by atoms with E-state index in [1.54, 1.807) is 73.8 Å². The number of aryl methyl sites for hydroxylation is 2. The minimum absolute atomic E-state index is 0.137. The summed E-state index contributed by atoms with van der Waals surface area (Å²) in [5.74, 6) is 1.22. The van der Waals surface area contributed by atoms with Gasteiger partial charge in [-0.1, -0.05) is 41.9 Å². The van der Waals surface area contributed by atoms with Crippen LogP contribution in [-0.4, -0.2) is 27.7 Å². The first-order valence-electron chi connectivity index (χ1n) is 12.1. The van der Waals surface area contributed by atoms with Crippen LogP contribution in [0.4, 0.5) is 11.4 Å². The zero-order chi connectivity index (χ0) is 28.2. The van der Waals surface area contributed by atoms with E-state index in [2.05, 4.69) is 5.32 Å². The largest absolute Gasteiger partial charge is 0.497 e. The SMILES string of the molecule is COc1cccc(Oc2ccc(Cl)cc2NC(=O)c2ccc(CN(c3cc(C)ccc3C)S(C)(=O)=O)cc2)c1. The maximum absolute atomic E-state index is 13.1. The van der Waals surface area contributed by atoms with E-state index in [0.717, 1.165) is 16.7 Å². The highest BCUT2D eigenvalue weighted by atomic mass is 35.5. The molecule has 0 atom stereocenters. The number of benzene rings is 4. The van der Waals surface area contributed by atoms with Crippen LogP contribution in [0.2, 0.25) is 5.02 Å². The van der Waals surface area contributed by atoms with Crippen molar-refractivity contribution in [3.05, 3.63) is 112 Å². The first-order chi connectivity index (χ1) is 18.5. The van der Waals surface area contributed by atoms with Crippen molar-refractivity contribution in [2.45, 2.75) is 20.4 Å². The summed E-state index contributed by atoms with van der Waals surface area (Å²) in [5, 5.41) is 3.29. The number of carbonyl (C=O) groups is 1. The lowest BCUT2D eigenvalue weighted by Crippen LogP contribution is -2.30. The number of rotatable bonds is 9. The van der Waals surface area contributed by atoms with Gasteiger partial charge < -0.3 is 14.8 Å². The second-order valence-corrected chi connectivity index (χ2v) is 11.5. The molecule has 0 aromatic heterocycles. The van der Waals surface area contributed by atoms with E-state index >= 15 is 0 Å². The van der Waals surface area contributed by atoms with Crippen LogP contribution in [0, 0.1) is 13.8 Å². The number of nitrogens with one attached hydrogen (secondary N) is 1. The third kappa shape index (κ3) is 7.10. The van der Waals surface area contributed by atoms with Crippen molar-refractivity contribution in [3.8, 4) is 17.2 Å². The van der Waals surface area contributed by atoms with Gasteiger partial charge in [-0.25, -0.2) is 8.42 Å². The summed E-state index contributed by atoms with van der Waals surface area (Å²) >= 11 is 6.19. The molecule has 0 bridgehead atoms. The molecule has 0 fully saturated rings. The molecule has 0 radical (unpaired) electrons. The second-order valence-electron chi connectivity index (χ2n) is 9.13. The molecule has 0 saturated carbocycles. The van der Waals surface area contributed by atoms with Gasteiger partial charge in [0.15, 0.2) is 5.75 Å². The number of methoxy groups -OCH3 is 1. The molecule has 1 N–H and O–H groups in total. The molecular formula is C30H29ClN2O5S. The zero-order valence-corrected chi connectivity index (χ0v) is 23.6. The summed E-state index contributed by atoms with van der Waals surface area (Å²) in [6.07, 6.45) is 1.19. The Balaban J connectivity index is 1.53. The van der Waals surface area contributed by atoms with Gasteiger partial charge >= 0.3 is 0 Å². The van der Waals surface area contributed by atoms with E-state index < -0.39 is 10.0 Å². The maximum atomic E-state index is 13.1. The Labute approximate surface area is 234 Å². The monoisotopic (exact) mass is 564 g/mol. The smallest absolute Gasteiger partial charge is 0.255 e. The van der Waals surface area contributed by atoms with E-state index in [-0.39, 0.29) is 12.5 Å². The molecule has 1 amide bonds. The highest BCUT2D eigenvalue weighted by Gasteiger charge is 2.20. The summed E-state index contributed by atoms with van der Waals surface area (Å²) in [7, 11) is -1.97. The lowest BCUT2D eigenvalue weighted by Gasteiger charge is -2.25. The highest BCUT2D eigenvalue weighted by Crippen LogP contribution is 2.34. The van der Waals surface area contributed by atoms with Crippen LogP contribution in [-0.2, 0) is 16.6 Å². The fourth-order valence-electron chi connectivity index (χ4n) is 3.97. The molecule has 202 valence electrons. The highest BCUT2D eigenvalue weighted by molar-refractivity contribution is 7.92. The third-order valence-electron chi connectivity index (χ3n) is 6.03. The fourth-order valence-corrected chi connectivity index (χ4v) is 5.08. The van der Waals surface area contributed by atoms with E-state index in [4.69, 9.17) is 21.1 Å². The first kappa shape index (κ1) is 28.0. The molecule has 0 saturated heterocycles. The molecular weight excluding hydrogens is 536 g/mol. The molecule has 7 nitrogen and oxygen atoms in total. The Morgan fingerprint density at radius 3 is 2.33 bits per heavy atom. The normalized spacial score (nSPS) is 11.1. The van der Waals surface area contributed by atoms with E-state index in [0.29, 0.717) is 39.2 Å². The summed E-state index contributed by atoms with van der Waals surface area (Å²) < 4.78 is 37.9. The standard InChI is InChI=1S/C30H29ClN2O5S/c1-20-8-9-21(2)28(16-20)33(39(4,35)36)19-22-10-12-23(13-11-22)30(34)32-27-17-24(31)14-15-29(27)38-26-7-5-6-25(18-26)37-3/h5-18H,19H2,1-4H3,(H,32,34). The summed E-state index contributed by atoms with van der Waals surface area (Å²) in [6, 6.07) is 24.6. The number of carbonyl (C=O) groups excluding carboxylic acids is 1. The topological polar surface area (TPSA) is 84.9 Å². The van der Waals surface area contributed by atoms with Gasteiger partial charge in [0.1, 0.15) is 11.5 Å². The molecule has 0 aliphatic heterocycles. The molecule has 0 aliphatic rings. The van der Waals surface area contributed by atoms with Crippen molar-refractivity contribution in [2.24, 2.45) is 0 Å². The van der Waals surface area contributed by atoms with E-state index in [1.165, 1.54) is 10.6 Å². The molecule has 9 heteroatoms. The number of ether oxygens (including phenoxy) is 2. The van der Waals surface area contributed by atoms with Crippen LogP contribution in [0.25, 0.3) is 0 Å². The van der Waals surface area contributed by atoms with Crippen molar-refractivity contribution < 1.29 is 22.7 Å². The van der Waals surface area contributed by atoms with Crippen LogP contribution in [0.5, 0.6) is 17.2 Å². The Kier molecular flexibility index (Phi) is 8.47. The maximum Gasteiger partial charge on any atom is 0.255 e. The van der Waals surface area contributed by atoms with Crippen molar-refractivity contribution in [3.63, 3.8) is 0 Å². The molecule has 0 heterocycles. The van der Waals surface area contributed by atoms with Gasteiger partial charge in [-0.2, -0.15) is 0 Å². The van der Waals surface area contributed by atoms with Gasteiger partial charge in [0, 0.05) is 16.7 Å². The minimum atomic E-state index is -3.54. The number of anilines is 2. The Morgan fingerprint density at radius 1 is 0.923 bits per heavy atom. The number of sulfonamides is 1. The van der Waals surface area contributed by atoms with Gasteiger partial charge in [-0.05, 0) is 79.1 Å². The first-order valence-corrected chi connectivity index (χ1v) is 14.3. The average molecular weight is 565 g/mol. The molecule has 0 aliphatic carbocycles. The van der Waals surface area contributed by atoms with Crippen LogP contribution >= 0.6 is 11.6 Å². The fraction of sp³-hybridized carbons (Fsp3) is 0.167. The molecule has 0 spiro atoms. The molecule has 0 unspecified atom stereocenters. The van der Waals surface area contributed by atoms with Crippen molar-refractivity contribution in [1.82, 2.24) is 0 Å². The number of hydrogen-bond donors (Lipinski definition) is 1. The lowest BCUT2D eigenvalue weighted by molar-refractivity contribution is 0.102. The van der Waals surface area contributed by atoms with Gasteiger partial charge in [0.05, 0.1) is 31.3 Å². The van der Waals surface area contributed by atoms with Crippen molar-refractivity contribution in [1.29, 1.82) is 0 Å². The third-order valence-corrected chi connectivity index (χ3v) is 7.40. The molecule has 4 rings (SSSR count). The van der Waals surface area contributed by atoms with Gasteiger partial charge in [0.25, 0.3) is 5.91 Å². The number of nitrogens with zero attached hydrogens (tertiary/aromatic N) is 1. The summed E-state index contributed by atoms with van der Waals surface area (Å²) in [6.45, 7) is 3.93. The van der Waals surface area contributed by atoms with Gasteiger partial charge in [0.2, 0.25) is 10.0 Å². The van der Waals surface area contributed by atoms with Crippen molar-refractivity contribution in [2.75, 3.05) is 23.0 Å². The number of halogens is 1. The van der Waals surface area contributed by atoms with Crippen LogP contribution in [0.15, 0.2) is 84.9 Å². The van der Waals surface area contributed by atoms with Crippen molar-refractivity contribution >= 4 is 38.9 Å². The quantitative estimate of drug-likeness (QED) is 0.237. The zero-order valence-electron chi connectivity index (χ0n) is 22.1. The van der Waals surface area contributed by atoms with E-state index in [1.807, 2.05) is 32.0 Å². The average Bonchev–Trinajstić information content (AvgIpc) is 2.90. The second kappa shape index (κ2) is 11.8. The molecule has 4 aromatic carbocycles. The van der Waals surface area contributed by atoms with Gasteiger partial charge in [-0.3, -0.25) is 9.10 Å². The van der Waals surface area contributed by atoms with Crippen LogP contribution in [0.1, 0.15) is 27.0 Å². The Morgan fingerprint density at radius 2 is 1.64 bits per heavy atom. The van der Waals surface area contributed by atoms with E-state index in [9.17, 15) is 13.2 Å². The Bertz CT molecular complexity index is 1600. The van der Waals surface area contributed by atoms with Gasteiger partial charge in [-0.15, -0.1) is 0 Å². The predicted octanol–water partition coefficient (Wildman–Crippen LogP) is 6.98.